The van der Waals surface area contributed by atoms with E-state index in [1.54, 1.807) is 5.54 Å². The zero-order chi connectivity index (χ0) is 15.2. The Labute approximate surface area is 162 Å². The summed E-state index contributed by atoms with van der Waals surface area (Å²) in [6, 6.07) is 11.4. The van der Waals surface area contributed by atoms with Crippen LogP contribution in [0, 0.1) is 26.3 Å². The topological polar surface area (TPSA) is 0 Å². The fourth-order valence-electron chi connectivity index (χ4n) is 2.67. The summed E-state index contributed by atoms with van der Waals surface area (Å²) in [5.74, 6) is 0.691. The summed E-state index contributed by atoms with van der Waals surface area (Å²) < 4.78 is 0. The van der Waals surface area contributed by atoms with E-state index in [0.29, 0.717) is 11.0 Å². The third-order valence-electron chi connectivity index (χ3n) is 4.79. The van der Waals surface area contributed by atoms with Crippen molar-refractivity contribution in [3.8, 4) is 0 Å². The molecular formula is C21H36PtSi. The van der Waals surface area contributed by atoms with Crippen molar-refractivity contribution in [2.75, 3.05) is 0 Å². The molecule has 1 atom stereocenters. The Morgan fingerprint density at radius 3 is 1.70 bits per heavy atom. The summed E-state index contributed by atoms with van der Waals surface area (Å²) in [4.78, 5) is 0. The van der Waals surface area contributed by atoms with Gasteiger partial charge in [0.25, 0.3) is 0 Å². The first-order valence-corrected chi connectivity index (χ1v) is 10.3. The summed E-state index contributed by atoms with van der Waals surface area (Å²) in [5, 5.41) is 0.468. The number of hydrogen-bond acceptors (Lipinski definition) is 0. The largest absolute Gasteiger partial charge is 4.00 e. The predicted molar refractivity (Wildman–Crippen MR) is 107 cm³/mol. The molecule has 1 aliphatic carbocycles. The predicted octanol–water partition coefficient (Wildman–Crippen LogP) is 7.06. The van der Waals surface area contributed by atoms with Gasteiger partial charge in [0.15, 0.2) is 0 Å². The minimum Gasteiger partial charge on any atom is -0.358 e. The molecule has 0 N–H and O–H groups in total. The maximum atomic E-state index is 2.54. The Balaban J connectivity index is -0.000000431. The van der Waals surface area contributed by atoms with E-state index >= 15 is 0 Å². The minimum absolute atomic E-state index is 0. The van der Waals surface area contributed by atoms with Gasteiger partial charge in [-0.3, -0.25) is 0 Å². The van der Waals surface area contributed by atoms with Gasteiger partial charge < -0.3 is 20.4 Å². The molecule has 2 heteroatoms. The molecule has 0 amide bonds. The van der Waals surface area contributed by atoms with E-state index in [2.05, 4.69) is 65.5 Å². The summed E-state index contributed by atoms with van der Waals surface area (Å²) in [7, 11) is -1.28. The van der Waals surface area contributed by atoms with Crippen molar-refractivity contribution < 1.29 is 21.1 Å². The molecular weight excluding hydrogens is 475 g/mol. The van der Waals surface area contributed by atoms with Crippen LogP contribution in [0.25, 0.3) is 0 Å². The van der Waals surface area contributed by atoms with E-state index in [9.17, 15) is 0 Å². The van der Waals surface area contributed by atoms with Gasteiger partial charge in [0.05, 0.1) is 0 Å². The Bertz CT molecular complexity index is 394. The number of hydrogen-bond donors (Lipinski definition) is 0. The van der Waals surface area contributed by atoms with Crippen molar-refractivity contribution >= 4 is 8.07 Å². The average Bonchev–Trinajstić information content (AvgIpc) is 3.02. The molecule has 0 aromatic heterocycles. The van der Waals surface area contributed by atoms with Crippen molar-refractivity contribution in [3.05, 3.63) is 75.0 Å². The molecule has 1 aliphatic rings. The van der Waals surface area contributed by atoms with Crippen molar-refractivity contribution in [2.45, 2.75) is 52.2 Å². The Morgan fingerprint density at radius 1 is 1.00 bits per heavy atom. The maximum absolute atomic E-state index is 2.54. The Morgan fingerprint density at radius 2 is 1.43 bits per heavy atom. The molecule has 2 rings (SSSR count). The first-order valence-electron chi connectivity index (χ1n) is 7.60. The average molecular weight is 512 g/mol. The molecule has 0 nitrogen and oxygen atoms in total. The van der Waals surface area contributed by atoms with Crippen LogP contribution in [0.2, 0.25) is 17.6 Å². The third-order valence-corrected chi connectivity index (χ3v) is 11.6. The van der Waals surface area contributed by atoms with E-state index in [0.717, 1.165) is 0 Å². The molecule has 0 saturated carbocycles. The van der Waals surface area contributed by atoms with Gasteiger partial charge in [-0.2, -0.15) is 32.0 Å². The summed E-state index contributed by atoms with van der Waals surface area (Å²) in [6.07, 6.45) is 9.07. The quantitative estimate of drug-likeness (QED) is 0.301. The molecule has 1 aromatic carbocycles. The number of rotatable bonds is 3. The van der Waals surface area contributed by atoms with Gasteiger partial charge in [0, 0.05) is 0 Å². The smallest absolute Gasteiger partial charge is 0.358 e. The van der Waals surface area contributed by atoms with Crippen molar-refractivity contribution in [1.29, 1.82) is 0 Å². The molecule has 0 radical (unpaired) electrons. The fourth-order valence-corrected chi connectivity index (χ4v) is 6.40. The van der Waals surface area contributed by atoms with Crippen LogP contribution >= 0.6 is 0 Å². The van der Waals surface area contributed by atoms with Crippen molar-refractivity contribution in [3.63, 3.8) is 0 Å². The second-order valence-electron chi connectivity index (χ2n) is 7.18. The second-order valence-corrected chi connectivity index (χ2v) is 12.8. The van der Waals surface area contributed by atoms with Crippen LogP contribution in [0.1, 0.15) is 34.6 Å². The molecule has 1 aromatic rings. The van der Waals surface area contributed by atoms with Crippen LogP contribution in [0.3, 0.4) is 0 Å². The van der Waals surface area contributed by atoms with Crippen LogP contribution in [0.5, 0.6) is 0 Å². The SMILES string of the molecule is C[C-](C)[Si](C)(CC1C=CC=C1)C(C)(C)C.[CH3-].[CH3-].[Pt+4].c1cc[cH-]c1. The van der Waals surface area contributed by atoms with E-state index in [1.807, 2.05) is 30.3 Å². The first kappa shape index (κ1) is 27.6. The standard InChI is InChI=1S/C14H25Si.C5H5.2CH3.Pt/c1-12(2)15(6,14(3,4)5)11-13-9-7-8-10-13;1-2-4-5-3-1;;;/h7-10,13H,11H2,1-6H3;1-5H;2*1H3;/q4*-1;+4. The van der Waals surface area contributed by atoms with Gasteiger partial charge in [-0.15, -0.1) is 0 Å². The van der Waals surface area contributed by atoms with Crippen LogP contribution in [0.4, 0.5) is 0 Å². The fraction of sp³-hybridized carbons (Fsp3) is 0.429. The summed E-state index contributed by atoms with van der Waals surface area (Å²) >= 11 is 0. The van der Waals surface area contributed by atoms with Crippen LogP contribution in [-0.4, -0.2) is 8.07 Å². The van der Waals surface area contributed by atoms with Gasteiger partial charge in [-0.25, -0.2) is 12.1 Å². The van der Waals surface area contributed by atoms with Gasteiger partial charge >= 0.3 is 21.1 Å². The van der Waals surface area contributed by atoms with E-state index in [4.69, 9.17) is 0 Å². The van der Waals surface area contributed by atoms with Gasteiger partial charge in [-0.05, 0) is 5.92 Å². The zero-order valence-corrected chi connectivity index (χ0v) is 19.6. The minimum atomic E-state index is -1.28. The maximum Gasteiger partial charge on any atom is 4.00 e. The summed E-state index contributed by atoms with van der Waals surface area (Å²) in [6.45, 7) is 14.4. The zero-order valence-electron chi connectivity index (χ0n) is 16.3. The van der Waals surface area contributed by atoms with E-state index in [1.165, 1.54) is 6.04 Å². The molecule has 0 bridgehead atoms. The normalized spacial score (nSPS) is 15.6. The van der Waals surface area contributed by atoms with Gasteiger partial charge in [0.1, 0.15) is 0 Å². The van der Waals surface area contributed by atoms with Crippen molar-refractivity contribution in [2.24, 2.45) is 5.92 Å². The van der Waals surface area contributed by atoms with Crippen molar-refractivity contribution in [1.82, 2.24) is 0 Å². The summed E-state index contributed by atoms with van der Waals surface area (Å²) in [5.41, 5.74) is 1.68. The number of allylic oxidation sites excluding steroid dienone is 4. The van der Waals surface area contributed by atoms with Gasteiger partial charge in [-0.1, -0.05) is 70.8 Å². The molecule has 0 saturated heterocycles. The van der Waals surface area contributed by atoms with Crippen LogP contribution < -0.4 is 0 Å². The first-order chi connectivity index (χ1) is 9.27. The third kappa shape index (κ3) is 8.41. The molecule has 1 unspecified atom stereocenters. The van der Waals surface area contributed by atoms with E-state index in [-0.39, 0.29) is 35.9 Å². The molecule has 0 spiro atoms. The molecule has 0 fully saturated rings. The monoisotopic (exact) mass is 511 g/mol. The van der Waals surface area contributed by atoms with Crippen LogP contribution in [-0.2, 0) is 21.1 Å². The van der Waals surface area contributed by atoms with Crippen LogP contribution in [0.15, 0.2) is 54.6 Å². The molecule has 23 heavy (non-hydrogen) atoms. The molecule has 0 aliphatic heterocycles. The Hall–Kier alpha value is -0.265. The van der Waals surface area contributed by atoms with E-state index < -0.39 is 8.07 Å². The Kier molecular flexibility index (Phi) is 14.6. The second kappa shape index (κ2) is 12.1. The molecule has 0 heterocycles. The molecule has 134 valence electrons. The van der Waals surface area contributed by atoms with Gasteiger partial charge in [0.2, 0.25) is 0 Å².